The summed E-state index contributed by atoms with van der Waals surface area (Å²) in [5, 5.41) is 5.69. The van der Waals surface area contributed by atoms with Gasteiger partial charge in [0.1, 0.15) is 5.82 Å². The van der Waals surface area contributed by atoms with Crippen molar-refractivity contribution >= 4 is 33.3 Å². The van der Waals surface area contributed by atoms with Crippen LogP contribution >= 0.6 is 11.3 Å². The van der Waals surface area contributed by atoms with Crippen molar-refractivity contribution in [3.63, 3.8) is 0 Å². The quantitative estimate of drug-likeness (QED) is 0.871. The van der Waals surface area contributed by atoms with Crippen molar-refractivity contribution in [3.8, 4) is 0 Å². The van der Waals surface area contributed by atoms with E-state index in [0.717, 1.165) is 15.8 Å². The summed E-state index contributed by atoms with van der Waals surface area (Å²) in [6.07, 6.45) is -0.469. The monoisotopic (exact) mass is 236 g/mol. The molecule has 2 heterocycles. The molecule has 2 rings (SSSR count). The molecule has 0 aliphatic rings. The van der Waals surface area contributed by atoms with Gasteiger partial charge in [0.15, 0.2) is 0 Å². The zero-order chi connectivity index (χ0) is 11.5. The van der Waals surface area contributed by atoms with E-state index in [-0.39, 0.29) is 0 Å². The summed E-state index contributed by atoms with van der Waals surface area (Å²) in [6, 6.07) is 3.85. The molecule has 16 heavy (non-hydrogen) atoms. The molecule has 0 saturated carbocycles. The van der Waals surface area contributed by atoms with E-state index in [1.807, 2.05) is 24.4 Å². The fourth-order valence-electron chi connectivity index (χ4n) is 1.47. The van der Waals surface area contributed by atoms with Crippen molar-refractivity contribution in [1.82, 2.24) is 4.98 Å². The second-order valence-corrected chi connectivity index (χ2v) is 4.19. The summed E-state index contributed by atoms with van der Waals surface area (Å²) < 4.78 is 5.94. The van der Waals surface area contributed by atoms with Crippen molar-refractivity contribution < 1.29 is 9.53 Å². The van der Waals surface area contributed by atoms with Gasteiger partial charge in [-0.15, -0.1) is 11.3 Å². The highest BCUT2D eigenvalue weighted by Crippen LogP contribution is 2.25. The third kappa shape index (κ3) is 2.14. The van der Waals surface area contributed by atoms with E-state index in [4.69, 9.17) is 4.74 Å². The van der Waals surface area contributed by atoms with Crippen LogP contribution in [0.15, 0.2) is 17.5 Å². The second-order valence-electron chi connectivity index (χ2n) is 3.28. The average Bonchev–Trinajstić information content (AvgIpc) is 2.66. The summed E-state index contributed by atoms with van der Waals surface area (Å²) in [6.45, 7) is 4.04. The fraction of sp³-hybridized carbons (Fsp3) is 0.273. The Kier molecular flexibility index (Phi) is 3.05. The third-order valence-electron chi connectivity index (χ3n) is 2.11. The van der Waals surface area contributed by atoms with E-state index >= 15 is 0 Å². The first-order chi connectivity index (χ1) is 7.70. The summed E-state index contributed by atoms with van der Waals surface area (Å²) in [4.78, 5) is 15.5. The van der Waals surface area contributed by atoms with Crippen molar-refractivity contribution in [3.05, 3.63) is 23.2 Å². The van der Waals surface area contributed by atoms with E-state index < -0.39 is 6.09 Å². The molecule has 0 unspecified atom stereocenters. The minimum Gasteiger partial charge on any atom is -0.450 e. The van der Waals surface area contributed by atoms with Gasteiger partial charge in [-0.05, 0) is 36.7 Å². The summed E-state index contributed by atoms with van der Waals surface area (Å²) in [7, 11) is 0. The van der Waals surface area contributed by atoms with Crippen LogP contribution in [0.2, 0.25) is 0 Å². The third-order valence-corrected chi connectivity index (χ3v) is 3.15. The molecule has 1 N–H and O–H groups in total. The Morgan fingerprint density at radius 3 is 3.19 bits per heavy atom. The number of nitrogens with one attached hydrogen (secondary N) is 1. The molecule has 2 aromatic rings. The van der Waals surface area contributed by atoms with Crippen LogP contribution in [-0.2, 0) is 4.74 Å². The number of hydrogen-bond donors (Lipinski definition) is 1. The van der Waals surface area contributed by atoms with Gasteiger partial charge in [-0.25, -0.2) is 9.78 Å². The van der Waals surface area contributed by atoms with Gasteiger partial charge in [-0.1, -0.05) is 0 Å². The molecular weight excluding hydrogens is 224 g/mol. The van der Waals surface area contributed by atoms with E-state index in [1.54, 1.807) is 18.3 Å². The van der Waals surface area contributed by atoms with Gasteiger partial charge in [0, 0.05) is 0 Å². The summed E-state index contributed by atoms with van der Waals surface area (Å²) in [5.41, 5.74) is 0.916. The number of hydrogen-bond acceptors (Lipinski definition) is 4. The first-order valence-electron chi connectivity index (χ1n) is 4.99. The lowest BCUT2D eigenvalue weighted by Gasteiger charge is -2.05. The predicted molar refractivity (Wildman–Crippen MR) is 65.0 cm³/mol. The van der Waals surface area contributed by atoms with Crippen LogP contribution in [-0.4, -0.2) is 17.7 Å². The Bertz CT molecular complexity index is 522. The molecule has 0 radical (unpaired) electrons. The largest absolute Gasteiger partial charge is 0.450 e. The number of fused-ring (bicyclic) bond motifs is 1. The normalized spacial score (nSPS) is 10.4. The number of anilines is 1. The molecule has 0 spiro atoms. The number of thiophene rings is 1. The smallest absolute Gasteiger partial charge is 0.412 e. The molecule has 5 heteroatoms. The van der Waals surface area contributed by atoms with Gasteiger partial charge in [0.2, 0.25) is 0 Å². The Morgan fingerprint density at radius 1 is 1.62 bits per heavy atom. The Morgan fingerprint density at radius 2 is 2.44 bits per heavy atom. The van der Waals surface area contributed by atoms with Crippen molar-refractivity contribution in [2.24, 2.45) is 0 Å². The van der Waals surface area contributed by atoms with Gasteiger partial charge in [-0.3, -0.25) is 5.32 Å². The molecule has 4 nitrogen and oxygen atoms in total. The van der Waals surface area contributed by atoms with E-state index in [2.05, 4.69) is 10.3 Å². The van der Waals surface area contributed by atoms with E-state index in [0.29, 0.717) is 12.4 Å². The van der Waals surface area contributed by atoms with Crippen LogP contribution in [0.4, 0.5) is 10.6 Å². The lowest BCUT2D eigenvalue weighted by atomic mass is 10.3. The molecule has 1 amide bonds. The van der Waals surface area contributed by atoms with Crippen molar-refractivity contribution in [2.45, 2.75) is 13.8 Å². The molecular formula is C11H12N2O2S. The highest BCUT2D eigenvalue weighted by molar-refractivity contribution is 7.17. The molecule has 0 fully saturated rings. The number of rotatable bonds is 2. The minimum atomic E-state index is -0.469. The van der Waals surface area contributed by atoms with Crippen LogP contribution in [0, 0.1) is 6.92 Å². The zero-order valence-electron chi connectivity index (χ0n) is 9.11. The standard InChI is InChI=1S/C11H12N2O2S/c1-3-15-11(14)13-9-6-8-4-5-16-10(8)7(2)12-9/h4-6H,3H2,1-2H3,(H,12,13,14). The van der Waals surface area contributed by atoms with Crippen LogP contribution in [0.5, 0.6) is 0 Å². The number of pyridine rings is 1. The molecule has 84 valence electrons. The summed E-state index contributed by atoms with van der Waals surface area (Å²) >= 11 is 1.65. The van der Waals surface area contributed by atoms with Gasteiger partial charge in [0.05, 0.1) is 17.0 Å². The van der Waals surface area contributed by atoms with Crippen LogP contribution < -0.4 is 5.32 Å². The van der Waals surface area contributed by atoms with E-state index in [9.17, 15) is 4.79 Å². The lowest BCUT2D eigenvalue weighted by molar-refractivity contribution is 0.168. The number of carbonyl (C=O) groups excluding carboxylic acids is 1. The van der Waals surface area contributed by atoms with Gasteiger partial charge >= 0.3 is 6.09 Å². The highest BCUT2D eigenvalue weighted by Gasteiger charge is 2.07. The van der Waals surface area contributed by atoms with E-state index in [1.165, 1.54) is 0 Å². The first-order valence-corrected chi connectivity index (χ1v) is 5.87. The molecule has 0 aliphatic heterocycles. The number of nitrogens with zero attached hydrogens (tertiary/aromatic N) is 1. The minimum absolute atomic E-state index is 0.353. The fourth-order valence-corrected chi connectivity index (χ4v) is 2.30. The number of amides is 1. The van der Waals surface area contributed by atoms with Crippen molar-refractivity contribution in [1.29, 1.82) is 0 Å². The molecule has 0 aromatic carbocycles. The Hall–Kier alpha value is -1.62. The highest BCUT2D eigenvalue weighted by atomic mass is 32.1. The van der Waals surface area contributed by atoms with Gasteiger partial charge in [-0.2, -0.15) is 0 Å². The first kappa shape index (κ1) is 10.9. The lowest BCUT2D eigenvalue weighted by Crippen LogP contribution is -2.14. The maximum Gasteiger partial charge on any atom is 0.412 e. The Labute approximate surface area is 97.3 Å². The molecule has 2 aromatic heterocycles. The van der Waals surface area contributed by atoms with Crippen LogP contribution in [0.3, 0.4) is 0 Å². The van der Waals surface area contributed by atoms with Crippen LogP contribution in [0.1, 0.15) is 12.6 Å². The van der Waals surface area contributed by atoms with Crippen LogP contribution in [0.25, 0.3) is 10.1 Å². The van der Waals surface area contributed by atoms with Crippen molar-refractivity contribution in [2.75, 3.05) is 11.9 Å². The molecule has 0 aliphatic carbocycles. The second kappa shape index (κ2) is 4.49. The maximum atomic E-state index is 11.2. The maximum absolute atomic E-state index is 11.2. The molecule has 0 saturated heterocycles. The summed E-state index contributed by atoms with van der Waals surface area (Å²) in [5.74, 6) is 0.529. The Balaban J connectivity index is 2.28. The molecule has 0 atom stereocenters. The topological polar surface area (TPSA) is 51.2 Å². The van der Waals surface area contributed by atoms with Gasteiger partial charge in [0.25, 0.3) is 0 Å². The average molecular weight is 236 g/mol. The number of aromatic nitrogens is 1. The molecule has 0 bridgehead atoms. The van der Waals surface area contributed by atoms with Gasteiger partial charge < -0.3 is 4.74 Å². The number of aryl methyl sites for hydroxylation is 1. The number of carbonyl (C=O) groups is 1. The SMILES string of the molecule is CCOC(=O)Nc1cc2ccsc2c(C)n1. The zero-order valence-corrected chi connectivity index (χ0v) is 9.93. The predicted octanol–water partition coefficient (Wildman–Crippen LogP) is 3.17. The number of ether oxygens (including phenoxy) is 1.